The van der Waals surface area contributed by atoms with Crippen molar-refractivity contribution in [1.82, 2.24) is 15.1 Å². The van der Waals surface area contributed by atoms with Crippen molar-refractivity contribution >= 4 is 18.3 Å². The molecule has 5 rings (SSSR count). The van der Waals surface area contributed by atoms with Gasteiger partial charge >= 0.3 is 0 Å². The van der Waals surface area contributed by atoms with Crippen LogP contribution in [0.15, 0.2) is 48.5 Å². The van der Waals surface area contributed by atoms with Crippen LogP contribution in [-0.2, 0) is 40.3 Å². The van der Waals surface area contributed by atoms with Crippen LogP contribution in [-0.4, -0.2) is 58.4 Å². The molecule has 0 aromatic heterocycles. The van der Waals surface area contributed by atoms with Crippen LogP contribution in [0, 0.1) is 11.8 Å². The third kappa shape index (κ3) is 6.88. The zero-order valence-electron chi connectivity index (χ0n) is 23.4. The van der Waals surface area contributed by atoms with E-state index in [0.29, 0.717) is 6.54 Å². The quantitative estimate of drug-likeness (QED) is 0.491. The van der Waals surface area contributed by atoms with Gasteiger partial charge in [-0.15, -0.1) is 0 Å². The lowest BCUT2D eigenvalue weighted by atomic mass is 9.86. The second kappa shape index (κ2) is 13.7. The van der Waals surface area contributed by atoms with E-state index in [1.165, 1.54) is 36.0 Å². The summed E-state index contributed by atoms with van der Waals surface area (Å²) >= 11 is 0. The number of nitrogens with one attached hydrogen (secondary N) is 1. The van der Waals surface area contributed by atoms with Crippen molar-refractivity contribution in [2.45, 2.75) is 84.0 Å². The lowest BCUT2D eigenvalue weighted by Gasteiger charge is -2.43. The van der Waals surface area contributed by atoms with Crippen LogP contribution in [0.4, 0.5) is 0 Å². The third-order valence-corrected chi connectivity index (χ3v) is 8.70. The van der Waals surface area contributed by atoms with Crippen LogP contribution in [0.3, 0.4) is 0 Å². The SMILES string of the molecule is CCC(CC)[C@@H]1C(=O)N[C@H](C2Cc3ccccc3C2)C(=O)N1Cc1cccc(CN2CCCCC2)c1.O=CO. The Bertz CT molecular complexity index is 1100. The number of amides is 2. The molecule has 2 amide bonds. The molecule has 0 saturated carbocycles. The Balaban J connectivity index is 0.00000112. The highest BCUT2D eigenvalue weighted by Crippen LogP contribution is 2.33. The molecule has 0 spiro atoms. The second-order valence-electron chi connectivity index (χ2n) is 11.2. The fraction of sp³-hybridized carbons (Fsp3) is 0.531. The van der Waals surface area contributed by atoms with Gasteiger partial charge < -0.3 is 15.3 Å². The molecule has 1 aliphatic carbocycles. The van der Waals surface area contributed by atoms with E-state index in [1.807, 2.05) is 4.90 Å². The Morgan fingerprint density at radius 3 is 2.10 bits per heavy atom. The van der Waals surface area contributed by atoms with Gasteiger partial charge in [-0.2, -0.15) is 0 Å². The first-order valence-corrected chi connectivity index (χ1v) is 14.5. The molecular formula is C32H43N3O4. The maximum atomic E-state index is 14.1. The fourth-order valence-electron chi connectivity index (χ4n) is 6.68. The first-order chi connectivity index (χ1) is 19.0. The molecule has 2 aromatic carbocycles. The molecule has 0 unspecified atom stereocenters. The Morgan fingerprint density at radius 1 is 0.923 bits per heavy atom. The fourth-order valence-corrected chi connectivity index (χ4v) is 6.68. The summed E-state index contributed by atoms with van der Waals surface area (Å²) in [6.45, 7) is 7.79. The summed E-state index contributed by atoms with van der Waals surface area (Å²) < 4.78 is 0. The van der Waals surface area contributed by atoms with Crippen LogP contribution in [0.5, 0.6) is 0 Å². The van der Waals surface area contributed by atoms with Gasteiger partial charge in [0, 0.05) is 13.1 Å². The molecule has 3 aliphatic rings. The van der Waals surface area contributed by atoms with Gasteiger partial charge in [-0.25, -0.2) is 0 Å². The molecule has 2 aliphatic heterocycles. The van der Waals surface area contributed by atoms with Crippen LogP contribution >= 0.6 is 0 Å². The molecule has 39 heavy (non-hydrogen) atoms. The smallest absolute Gasteiger partial charge is 0.290 e. The van der Waals surface area contributed by atoms with Crippen LogP contribution in [0.25, 0.3) is 0 Å². The van der Waals surface area contributed by atoms with Crippen LogP contribution in [0.1, 0.15) is 68.2 Å². The highest BCUT2D eigenvalue weighted by atomic mass is 16.3. The second-order valence-corrected chi connectivity index (χ2v) is 11.2. The zero-order valence-corrected chi connectivity index (χ0v) is 23.4. The van der Waals surface area contributed by atoms with E-state index in [2.05, 4.69) is 72.6 Å². The van der Waals surface area contributed by atoms with Crippen molar-refractivity contribution in [1.29, 1.82) is 0 Å². The largest absolute Gasteiger partial charge is 0.483 e. The van der Waals surface area contributed by atoms with Gasteiger partial charge in [0.15, 0.2) is 0 Å². The normalized spacial score (nSPS) is 21.8. The van der Waals surface area contributed by atoms with E-state index in [0.717, 1.165) is 50.9 Å². The summed E-state index contributed by atoms with van der Waals surface area (Å²) in [5.74, 6) is 0.390. The van der Waals surface area contributed by atoms with E-state index in [1.54, 1.807) is 0 Å². The van der Waals surface area contributed by atoms with Crippen molar-refractivity contribution in [2.75, 3.05) is 13.1 Å². The van der Waals surface area contributed by atoms with Crippen molar-refractivity contribution < 1.29 is 19.5 Å². The molecule has 7 nitrogen and oxygen atoms in total. The third-order valence-electron chi connectivity index (χ3n) is 8.70. The molecule has 2 saturated heterocycles. The standard InChI is InChI=1S/C31H41N3O2.CH2O2/c1-3-24(4-2)29-30(35)32-28(27-18-25-13-6-7-14-26(25)19-27)31(36)34(29)21-23-12-10-11-22(17-23)20-33-15-8-5-9-16-33;2-1-3/h6-7,10-14,17,24,27-29H,3-5,8-9,15-16,18-21H2,1-2H3,(H,32,35);1H,(H,2,3)/t28-,29-;/m1./s1. The van der Waals surface area contributed by atoms with Crippen molar-refractivity contribution in [3.05, 3.63) is 70.8 Å². The average molecular weight is 534 g/mol. The molecular weight excluding hydrogens is 490 g/mol. The Labute approximate surface area is 232 Å². The van der Waals surface area contributed by atoms with Crippen molar-refractivity contribution in [2.24, 2.45) is 11.8 Å². The molecule has 2 fully saturated rings. The highest BCUT2D eigenvalue weighted by molar-refractivity contribution is 5.97. The minimum Gasteiger partial charge on any atom is -0.483 e. The number of likely N-dealkylation sites (tertiary alicyclic amines) is 1. The van der Waals surface area contributed by atoms with Gasteiger partial charge in [-0.05, 0) is 72.9 Å². The van der Waals surface area contributed by atoms with Crippen molar-refractivity contribution in [3.63, 3.8) is 0 Å². The summed E-state index contributed by atoms with van der Waals surface area (Å²) in [6, 6.07) is 16.3. The minimum absolute atomic E-state index is 0.0220. The molecule has 7 heteroatoms. The maximum absolute atomic E-state index is 14.1. The predicted molar refractivity (Wildman–Crippen MR) is 152 cm³/mol. The topological polar surface area (TPSA) is 90.0 Å². The van der Waals surface area contributed by atoms with Gasteiger partial charge in [0.1, 0.15) is 12.1 Å². The summed E-state index contributed by atoms with van der Waals surface area (Å²) in [4.78, 5) is 40.4. The number of hydrogen-bond acceptors (Lipinski definition) is 4. The van der Waals surface area contributed by atoms with E-state index < -0.39 is 12.1 Å². The number of carboxylic acid groups (broad SMARTS) is 1. The Kier molecular flexibility index (Phi) is 10.2. The Hall–Kier alpha value is -3.19. The molecule has 0 radical (unpaired) electrons. The first-order valence-electron chi connectivity index (χ1n) is 14.5. The number of piperidine rings is 1. The molecule has 2 N–H and O–H groups in total. The number of benzene rings is 2. The van der Waals surface area contributed by atoms with Crippen LogP contribution < -0.4 is 5.32 Å². The van der Waals surface area contributed by atoms with Gasteiger partial charge in [-0.3, -0.25) is 19.3 Å². The van der Waals surface area contributed by atoms with E-state index in [4.69, 9.17) is 9.90 Å². The average Bonchev–Trinajstić information content (AvgIpc) is 3.38. The first kappa shape index (κ1) is 28.8. The highest BCUT2D eigenvalue weighted by Gasteiger charge is 2.46. The van der Waals surface area contributed by atoms with Crippen LogP contribution in [0.2, 0.25) is 0 Å². The predicted octanol–water partition coefficient (Wildman–Crippen LogP) is 4.42. The number of fused-ring (bicyclic) bond motifs is 1. The number of carbonyl (C=O) groups excluding carboxylic acids is 2. The van der Waals surface area contributed by atoms with E-state index >= 15 is 0 Å². The number of piperazine rings is 1. The molecule has 0 bridgehead atoms. The molecule has 2 heterocycles. The van der Waals surface area contributed by atoms with E-state index in [-0.39, 0.29) is 30.1 Å². The summed E-state index contributed by atoms with van der Waals surface area (Å²) in [5, 5.41) is 10.1. The van der Waals surface area contributed by atoms with Crippen molar-refractivity contribution in [3.8, 4) is 0 Å². The lowest BCUT2D eigenvalue weighted by Crippen LogP contribution is -2.66. The number of carbonyl (C=O) groups is 3. The van der Waals surface area contributed by atoms with E-state index in [9.17, 15) is 9.59 Å². The van der Waals surface area contributed by atoms with Gasteiger partial charge in [-0.1, -0.05) is 81.6 Å². The number of nitrogens with zero attached hydrogens (tertiary/aromatic N) is 2. The maximum Gasteiger partial charge on any atom is 0.290 e. The molecule has 2 atom stereocenters. The summed E-state index contributed by atoms with van der Waals surface area (Å²) in [5.41, 5.74) is 5.04. The molecule has 2 aromatic rings. The van der Waals surface area contributed by atoms with Gasteiger partial charge in [0.2, 0.25) is 11.8 Å². The summed E-state index contributed by atoms with van der Waals surface area (Å²) in [6.07, 6.45) is 7.35. The molecule has 210 valence electrons. The lowest BCUT2D eigenvalue weighted by molar-refractivity contribution is -0.154. The number of rotatable bonds is 8. The van der Waals surface area contributed by atoms with Gasteiger partial charge in [0.25, 0.3) is 6.47 Å². The minimum atomic E-state index is -0.452. The Morgan fingerprint density at radius 2 is 1.51 bits per heavy atom. The zero-order chi connectivity index (χ0) is 27.8. The monoisotopic (exact) mass is 533 g/mol. The van der Waals surface area contributed by atoms with Gasteiger partial charge in [0.05, 0.1) is 0 Å². The summed E-state index contributed by atoms with van der Waals surface area (Å²) in [7, 11) is 0. The number of hydrogen-bond donors (Lipinski definition) is 2.